The van der Waals surface area contributed by atoms with Crippen LogP contribution in [-0.4, -0.2) is 14.7 Å². The van der Waals surface area contributed by atoms with E-state index in [1.807, 2.05) is 30.3 Å². The van der Waals surface area contributed by atoms with Gasteiger partial charge in [0.15, 0.2) is 0 Å². The van der Waals surface area contributed by atoms with E-state index in [4.69, 9.17) is 0 Å². The smallest absolute Gasteiger partial charge is 0.213 e. The Hall–Kier alpha value is -1.27. The number of benzene rings is 1. The molecular formula is C10H10O2S. The van der Waals surface area contributed by atoms with Crippen molar-refractivity contribution in [2.45, 2.75) is 6.42 Å². The number of sulfone groups is 1. The molecule has 1 aromatic rings. The van der Waals surface area contributed by atoms with Crippen LogP contribution in [0.5, 0.6) is 0 Å². The predicted octanol–water partition coefficient (Wildman–Crippen LogP) is 1.23. The third-order valence-electron chi connectivity index (χ3n) is 1.39. The zero-order chi connectivity index (χ0) is 9.73. The Morgan fingerprint density at radius 3 is 2.38 bits per heavy atom. The zero-order valence-corrected chi connectivity index (χ0v) is 8.14. The van der Waals surface area contributed by atoms with Crippen LogP contribution in [0.2, 0.25) is 0 Å². The topological polar surface area (TPSA) is 34.1 Å². The van der Waals surface area contributed by atoms with E-state index in [0.29, 0.717) is 6.42 Å². The highest BCUT2D eigenvalue weighted by atomic mass is 32.2. The van der Waals surface area contributed by atoms with Crippen LogP contribution in [-0.2, 0) is 16.3 Å². The van der Waals surface area contributed by atoms with Crippen molar-refractivity contribution in [3.63, 3.8) is 0 Å². The summed E-state index contributed by atoms with van der Waals surface area (Å²) in [4.78, 5) is 0. The fourth-order valence-corrected chi connectivity index (χ4v) is 1.20. The summed E-state index contributed by atoms with van der Waals surface area (Å²) in [5.74, 6) is 2.60. The van der Waals surface area contributed by atoms with Crippen LogP contribution in [0.3, 0.4) is 0 Å². The molecule has 0 aromatic heterocycles. The summed E-state index contributed by atoms with van der Waals surface area (Å²) in [6.45, 7) is 0. The van der Waals surface area contributed by atoms with Gasteiger partial charge in [-0.3, -0.25) is 0 Å². The highest BCUT2D eigenvalue weighted by Crippen LogP contribution is 1.97. The molecule has 0 aliphatic heterocycles. The molecule has 0 spiro atoms. The van der Waals surface area contributed by atoms with Crippen molar-refractivity contribution in [1.29, 1.82) is 0 Å². The molecule has 0 fully saturated rings. The first kappa shape index (κ1) is 9.82. The van der Waals surface area contributed by atoms with Gasteiger partial charge in [-0.15, -0.1) is 0 Å². The molecule has 1 aromatic carbocycles. The average Bonchev–Trinajstić information content (AvgIpc) is 2.04. The summed E-state index contributed by atoms with van der Waals surface area (Å²) < 4.78 is 21.3. The molecule has 0 radical (unpaired) electrons. The van der Waals surface area contributed by atoms with Crippen molar-refractivity contribution >= 4 is 9.84 Å². The standard InChI is InChI=1S/C10H10O2S/c1-13(11,12)9-5-8-10-6-3-2-4-7-10/h2-4,6-7H,8H2,1H3. The maximum absolute atomic E-state index is 10.6. The molecule has 2 nitrogen and oxygen atoms in total. The van der Waals surface area contributed by atoms with E-state index in [-0.39, 0.29) is 0 Å². The summed E-state index contributed by atoms with van der Waals surface area (Å²) in [7, 11) is -3.16. The van der Waals surface area contributed by atoms with Gasteiger partial charge in [0.2, 0.25) is 9.84 Å². The first-order valence-electron chi connectivity index (χ1n) is 3.81. The second kappa shape index (κ2) is 4.11. The third-order valence-corrected chi connectivity index (χ3v) is 1.91. The van der Waals surface area contributed by atoms with Gasteiger partial charge >= 0.3 is 0 Å². The van der Waals surface area contributed by atoms with E-state index in [2.05, 4.69) is 11.2 Å². The third kappa shape index (κ3) is 4.34. The molecule has 13 heavy (non-hydrogen) atoms. The normalized spacial score (nSPS) is 10.2. The fraction of sp³-hybridized carbons (Fsp3) is 0.200. The first-order valence-corrected chi connectivity index (χ1v) is 5.70. The van der Waals surface area contributed by atoms with E-state index in [1.54, 1.807) is 0 Å². The van der Waals surface area contributed by atoms with Crippen LogP contribution < -0.4 is 0 Å². The van der Waals surface area contributed by atoms with Gasteiger partial charge in [0.05, 0.1) is 6.26 Å². The van der Waals surface area contributed by atoms with Crippen LogP contribution in [0.4, 0.5) is 0 Å². The molecule has 0 saturated carbocycles. The van der Waals surface area contributed by atoms with E-state index in [1.165, 1.54) is 0 Å². The maximum atomic E-state index is 10.6. The summed E-state index contributed by atoms with van der Waals surface area (Å²) >= 11 is 0. The Bertz CT molecular complexity index is 421. The first-order chi connectivity index (χ1) is 6.08. The molecule has 0 atom stereocenters. The van der Waals surface area contributed by atoms with Gasteiger partial charge in [-0.2, -0.15) is 0 Å². The second-order valence-electron chi connectivity index (χ2n) is 2.71. The molecule has 0 unspecified atom stereocenters. The molecule has 0 saturated heterocycles. The lowest BCUT2D eigenvalue weighted by molar-refractivity contribution is 0.611. The van der Waals surface area contributed by atoms with E-state index in [9.17, 15) is 8.42 Å². The second-order valence-corrected chi connectivity index (χ2v) is 4.46. The SMILES string of the molecule is CS(=O)(=O)C#CCc1ccccc1. The van der Waals surface area contributed by atoms with Gasteiger partial charge in [0, 0.05) is 11.7 Å². The minimum absolute atomic E-state index is 0.480. The van der Waals surface area contributed by atoms with Crippen LogP contribution >= 0.6 is 0 Å². The van der Waals surface area contributed by atoms with Crippen LogP contribution in [0.1, 0.15) is 5.56 Å². The van der Waals surface area contributed by atoms with Crippen molar-refractivity contribution in [3.8, 4) is 11.2 Å². The quantitative estimate of drug-likeness (QED) is 0.498. The Labute approximate surface area is 78.5 Å². The lowest BCUT2D eigenvalue weighted by Crippen LogP contribution is -1.89. The lowest BCUT2D eigenvalue weighted by atomic mass is 10.2. The van der Waals surface area contributed by atoms with Gasteiger partial charge in [-0.25, -0.2) is 8.42 Å². The molecule has 3 heteroatoms. The molecule has 0 heterocycles. The molecule has 1 rings (SSSR count). The maximum Gasteiger partial charge on any atom is 0.213 e. The van der Waals surface area contributed by atoms with Crippen LogP contribution in [0, 0.1) is 11.2 Å². The highest BCUT2D eigenvalue weighted by molar-refractivity contribution is 7.95. The molecule has 68 valence electrons. The van der Waals surface area contributed by atoms with Crippen LogP contribution in [0.25, 0.3) is 0 Å². The van der Waals surface area contributed by atoms with Gasteiger partial charge in [0.1, 0.15) is 0 Å². The van der Waals surface area contributed by atoms with Gasteiger partial charge < -0.3 is 0 Å². The van der Waals surface area contributed by atoms with Crippen molar-refractivity contribution in [3.05, 3.63) is 35.9 Å². The minimum atomic E-state index is -3.16. The minimum Gasteiger partial charge on any atom is -0.216 e. The van der Waals surface area contributed by atoms with Crippen molar-refractivity contribution < 1.29 is 8.42 Å². The molecule has 0 N–H and O–H groups in total. The summed E-state index contributed by atoms with van der Waals surface area (Å²) in [6, 6.07) is 9.54. The van der Waals surface area contributed by atoms with Gasteiger partial charge in [-0.1, -0.05) is 36.3 Å². The Balaban J connectivity index is 2.67. The highest BCUT2D eigenvalue weighted by Gasteiger charge is 1.91. The summed E-state index contributed by atoms with van der Waals surface area (Å²) in [6.07, 6.45) is 1.58. The molecule has 0 aliphatic rings. The molecule has 0 bridgehead atoms. The predicted molar refractivity (Wildman–Crippen MR) is 52.8 cm³/mol. The number of hydrogen-bond acceptors (Lipinski definition) is 2. The Kier molecular flexibility index (Phi) is 3.10. The number of rotatable bonds is 1. The van der Waals surface area contributed by atoms with Crippen molar-refractivity contribution in [2.75, 3.05) is 6.26 Å². The molecular weight excluding hydrogens is 184 g/mol. The van der Waals surface area contributed by atoms with E-state index < -0.39 is 9.84 Å². The van der Waals surface area contributed by atoms with Crippen molar-refractivity contribution in [2.24, 2.45) is 0 Å². The monoisotopic (exact) mass is 194 g/mol. The molecule has 0 aliphatic carbocycles. The average molecular weight is 194 g/mol. The Morgan fingerprint density at radius 1 is 1.23 bits per heavy atom. The lowest BCUT2D eigenvalue weighted by Gasteiger charge is -1.90. The fourth-order valence-electron chi connectivity index (χ4n) is 0.865. The Morgan fingerprint density at radius 2 is 1.85 bits per heavy atom. The van der Waals surface area contributed by atoms with Gasteiger partial charge in [0.25, 0.3) is 0 Å². The van der Waals surface area contributed by atoms with E-state index >= 15 is 0 Å². The van der Waals surface area contributed by atoms with Crippen LogP contribution in [0.15, 0.2) is 30.3 Å². The largest absolute Gasteiger partial charge is 0.216 e. The number of hydrogen-bond donors (Lipinski definition) is 0. The van der Waals surface area contributed by atoms with E-state index in [0.717, 1.165) is 11.8 Å². The zero-order valence-electron chi connectivity index (χ0n) is 7.32. The van der Waals surface area contributed by atoms with Gasteiger partial charge in [-0.05, 0) is 5.56 Å². The summed E-state index contributed by atoms with van der Waals surface area (Å²) in [5, 5.41) is 2.19. The van der Waals surface area contributed by atoms with Crippen molar-refractivity contribution in [1.82, 2.24) is 0 Å². The summed E-state index contributed by atoms with van der Waals surface area (Å²) in [5.41, 5.74) is 1.03. The molecule has 0 amide bonds.